The lowest BCUT2D eigenvalue weighted by molar-refractivity contribution is 0.0895. The number of hydrogen-bond acceptors (Lipinski definition) is 5. The van der Waals surface area contributed by atoms with E-state index in [9.17, 15) is 4.79 Å². The Labute approximate surface area is 212 Å². The normalized spacial score (nSPS) is 15.3. The van der Waals surface area contributed by atoms with Crippen molar-refractivity contribution in [3.8, 4) is 22.7 Å². The Bertz CT molecular complexity index is 1380. The van der Waals surface area contributed by atoms with Crippen LogP contribution in [-0.2, 0) is 0 Å². The predicted molar refractivity (Wildman–Crippen MR) is 143 cm³/mol. The van der Waals surface area contributed by atoms with Crippen molar-refractivity contribution in [2.75, 3.05) is 13.1 Å². The molecular formula is C29H35N5O2. The van der Waals surface area contributed by atoms with Gasteiger partial charge in [0.25, 0.3) is 5.91 Å². The Balaban J connectivity index is 1.38. The van der Waals surface area contributed by atoms with E-state index in [4.69, 9.17) is 4.42 Å². The van der Waals surface area contributed by atoms with Crippen molar-refractivity contribution < 1.29 is 9.21 Å². The SMILES string of the molecule is Cc1cc(-c2[nH]c3ccc(-c4nc(C(=O)NC5CCN(C(C)C)CC5)co4)cc3c2C(C)C)ccn1. The molecule has 7 nitrogen and oxygen atoms in total. The van der Waals surface area contributed by atoms with Gasteiger partial charge in [-0.25, -0.2) is 4.98 Å². The van der Waals surface area contributed by atoms with Gasteiger partial charge in [-0.1, -0.05) is 13.8 Å². The molecule has 0 spiro atoms. The van der Waals surface area contributed by atoms with Gasteiger partial charge in [-0.15, -0.1) is 0 Å². The molecule has 2 N–H and O–H groups in total. The number of H-pyrrole nitrogens is 1. The van der Waals surface area contributed by atoms with Gasteiger partial charge in [0.2, 0.25) is 5.89 Å². The van der Waals surface area contributed by atoms with Crippen LogP contribution in [0.5, 0.6) is 0 Å². The van der Waals surface area contributed by atoms with Crippen molar-refractivity contribution in [1.29, 1.82) is 0 Å². The Kier molecular flexibility index (Phi) is 6.67. The first-order valence-corrected chi connectivity index (χ1v) is 12.9. The van der Waals surface area contributed by atoms with Gasteiger partial charge >= 0.3 is 0 Å². The Morgan fingerprint density at radius 3 is 2.58 bits per heavy atom. The number of amides is 1. The molecule has 1 amide bonds. The molecule has 4 aromatic rings. The molecule has 0 bridgehead atoms. The van der Waals surface area contributed by atoms with Crippen LogP contribution in [-0.4, -0.2) is 50.9 Å². The molecule has 0 saturated carbocycles. The van der Waals surface area contributed by atoms with E-state index in [1.54, 1.807) is 0 Å². The summed E-state index contributed by atoms with van der Waals surface area (Å²) in [5.74, 6) is 0.591. The van der Waals surface area contributed by atoms with Gasteiger partial charge in [-0.2, -0.15) is 0 Å². The number of aryl methyl sites for hydroxylation is 1. The molecule has 3 aromatic heterocycles. The molecule has 0 aliphatic carbocycles. The van der Waals surface area contributed by atoms with Gasteiger partial charge in [-0.05, 0) is 75.4 Å². The van der Waals surface area contributed by atoms with E-state index >= 15 is 0 Å². The number of nitrogens with zero attached hydrogens (tertiary/aromatic N) is 3. The maximum atomic E-state index is 12.9. The zero-order chi connectivity index (χ0) is 25.4. The zero-order valence-electron chi connectivity index (χ0n) is 21.8. The number of nitrogens with one attached hydrogen (secondary N) is 2. The number of aromatic nitrogens is 3. The molecule has 7 heteroatoms. The molecule has 1 fully saturated rings. The summed E-state index contributed by atoms with van der Waals surface area (Å²) < 4.78 is 5.77. The molecule has 4 heterocycles. The van der Waals surface area contributed by atoms with E-state index < -0.39 is 0 Å². The average molecular weight is 486 g/mol. The summed E-state index contributed by atoms with van der Waals surface area (Å²) in [5.41, 5.74) is 6.70. The summed E-state index contributed by atoms with van der Waals surface area (Å²) >= 11 is 0. The Hall–Kier alpha value is -3.45. The fraction of sp³-hybridized carbons (Fsp3) is 0.414. The lowest BCUT2D eigenvalue weighted by atomic mass is 9.95. The lowest BCUT2D eigenvalue weighted by Crippen LogP contribution is -2.46. The first kappa shape index (κ1) is 24.3. The van der Waals surface area contributed by atoms with Crippen molar-refractivity contribution in [1.82, 2.24) is 25.2 Å². The smallest absolute Gasteiger partial charge is 0.273 e. The summed E-state index contributed by atoms with van der Waals surface area (Å²) in [7, 11) is 0. The molecule has 0 unspecified atom stereocenters. The average Bonchev–Trinajstić information content (AvgIpc) is 3.49. The molecule has 1 aliphatic rings. The van der Waals surface area contributed by atoms with Crippen LogP contribution < -0.4 is 5.32 Å². The molecule has 0 atom stereocenters. The minimum atomic E-state index is -0.172. The van der Waals surface area contributed by atoms with Gasteiger partial charge in [0.05, 0.1) is 5.69 Å². The number of rotatable bonds is 6. The van der Waals surface area contributed by atoms with Crippen LogP contribution in [0.15, 0.2) is 47.2 Å². The maximum absolute atomic E-state index is 12.9. The minimum Gasteiger partial charge on any atom is -0.444 e. The number of piperidine rings is 1. The first-order chi connectivity index (χ1) is 17.3. The van der Waals surface area contributed by atoms with Gasteiger partial charge in [-0.3, -0.25) is 9.78 Å². The molecule has 1 saturated heterocycles. The second kappa shape index (κ2) is 9.90. The first-order valence-electron chi connectivity index (χ1n) is 12.9. The number of hydrogen-bond donors (Lipinski definition) is 2. The molecule has 0 radical (unpaired) electrons. The van der Waals surface area contributed by atoms with Crippen molar-refractivity contribution in [2.24, 2.45) is 0 Å². The van der Waals surface area contributed by atoms with Gasteiger partial charge in [0.1, 0.15) is 6.26 Å². The monoisotopic (exact) mass is 485 g/mol. The number of carbonyl (C=O) groups excluding carboxylic acids is 1. The van der Waals surface area contributed by atoms with Crippen molar-refractivity contribution in [3.63, 3.8) is 0 Å². The van der Waals surface area contributed by atoms with Crippen molar-refractivity contribution in [3.05, 3.63) is 59.7 Å². The van der Waals surface area contributed by atoms with Crippen LogP contribution in [0.2, 0.25) is 0 Å². The number of benzene rings is 1. The standard InChI is InChI=1S/C29H35N5O2/c1-17(2)26-23-15-21(6-7-24(23)32-27(26)20-8-11-30-19(5)14-20)29-33-25(16-36-29)28(35)31-22-9-12-34(13-10-22)18(3)4/h6-8,11,14-18,22,32H,9-10,12-13H2,1-5H3,(H,31,35). The van der Waals surface area contributed by atoms with E-state index in [0.717, 1.165) is 59.3 Å². The summed E-state index contributed by atoms with van der Waals surface area (Å²) in [4.78, 5) is 27.8. The number of pyridine rings is 1. The quantitative estimate of drug-likeness (QED) is 0.354. The van der Waals surface area contributed by atoms with Gasteiger partial charge in [0.15, 0.2) is 5.69 Å². The Morgan fingerprint density at radius 2 is 1.89 bits per heavy atom. The number of likely N-dealkylation sites (tertiary alicyclic amines) is 1. The molecule has 1 aromatic carbocycles. The third kappa shape index (κ3) is 4.80. The molecule has 188 valence electrons. The van der Waals surface area contributed by atoms with Crippen LogP contribution in [0.4, 0.5) is 0 Å². The van der Waals surface area contributed by atoms with E-state index in [1.165, 1.54) is 11.8 Å². The zero-order valence-corrected chi connectivity index (χ0v) is 21.8. The fourth-order valence-corrected chi connectivity index (χ4v) is 5.20. The number of carbonyl (C=O) groups is 1. The van der Waals surface area contributed by atoms with Gasteiger partial charge in [0, 0.05) is 59.1 Å². The topological polar surface area (TPSA) is 87.0 Å². The maximum Gasteiger partial charge on any atom is 0.273 e. The highest BCUT2D eigenvalue weighted by Gasteiger charge is 2.24. The summed E-state index contributed by atoms with van der Waals surface area (Å²) in [6, 6.07) is 11.0. The molecule has 5 rings (SSSR count). The van der Waals surface area contributed by atoms with Crippen LogP contribution >= 0.6 is 0 Å². The van der Waals surface area contributed by atoms with Crippen LogP contribution in [0.1, 0.15) is 68.2 Å². The van der Waals surface area contributed by atoms with E-state index in [0.29, 0.717) is 23.5 Å². The minimum absolute atomic E-state index is 0.172. The molecular weight excluding hydrogens is 450 g/mol. The largest absolute Gasteiger partial charge is 0.444 e. The summed E-state index contributed by atoms with van der Waals surface area (Å²) in [6.45, 7) is 12.8. The lowest BCUT2D eigenvalue weighted by Gasteiger charge is -2.34. The number of aromatic amines is 1. The van der Waals surface area contributed by atoms with E-state index in [1.807, 2.05) is 25.3 Å². The van der Waals surface area contributed by atoms with E-state index in [-0.39, 0.29) is 11.9 Å². The highest BCUT2D eigenvalue weighted by molar-refractivity contribution is 5.95. The summed E-state index contributed by atoms with van der Waals surface area (Å²) in [6.07, 6.45) is 5.22. The second-order valence-corrected chi connectivity index (χ2v) is 10.4. The van der Waals surface area contributed by atoms with Crippen LogP contribution in [0.3, 0.4) is 0 Å². The van der Waals surface area contributed by atoms with Crippen LogP contribution in [0, 0.1) is 6.92 Å². The third-order valence-electron chi connectivity index (χ3n) is 7.18. The van der Waals surface area contributed by atoms with E-state index in [2.05, 4.69) is 71.1 Å². The number of oxazole rings is 1. The highest BCUT2D eigenvalue weighted by atomic mass is 16.3. The summed E-state index contributed by atoms with van der Waals surface area (Å²) in [5, 5.41) is 4.27. The number of fused-ring (bicyclic) bond motifs is 1. The van der Waals surface area contributed by atoms with Crippen molar-refractivity contribution in [2.45, 2.75) is 65.5 Å². The molecule has 36 heavy (non-hydrogen) atoms. The predicted octanol–water partition coefficient (Wildman–Crippen LogP) is 5.92. The molecule has 1 aliphatic heterocycles. The Morgan fingerprint density at radius 1 is 1.11 bits per heavy atom. The van der Waals surface area contributed by atoms with Crippen molar-refractivity contribution >= 4 is 16.8 Å². The second-order valence-electron chi connectivity index (χ2n) is 10.4. The fourth-order valence-electron chi connectivity index (χ4n) is 5.20. The van der Waals surface area contributed by atoms with Gasteiger partial charge < -0.3 is 19.6 Å². The van der Waals surface area contributed by atoms with Crippen LogP contribution in [0.25, 0.3) is 33.6 Å². The third-order valence-corrected chi connectivity index (χ3v) is 7.18. The highest BCUT2D eigenvalue weighted by Crippen LogP contribution is 2.37.